The van der Waals surface area contributed by atoms with Crippen LogP contribution in [0.3, 0.4) is 0 Å². The van der Waals surface area contributed by atoms with E-state index in [2.05, 4.69) is 42.2 Å². The van der Waals surface area contributed by atoms with Crippen molar-refractivity contribution in [2.45, 2.75) is 39.0 Å². The summed E-state index contributed by atoms with van der Waals surface area (Å²) in [6.45, 7) is 2.25. The Morgan fingerprint density at radius 3 is 3.00 bits per heavy atom. The van der Waals surface area contributed by atoms with Crippen molar-refractivity contribution in [1.82, 2.24) is 4.98 Å². The number of rotatable bonds is 5. The van der Waals surface area contributed by atoms with Gasteiger partial charge >= 0.3 is 0 Å². The van der Waals surface area contributed by atoms with Crippen LogP contribution in [0.4, 0.5) is 0 Å². The SMILES string of the molecule is CCCCCCc1cccc2nc[c]cc12. The molecular weight excluding hydrogens is 194 g/mol. The number of hydrogen-bond acceptors (Lipinski definition) is 1. The molecule has 1 aromatic carbocycles. The van der Waals surface area contributed by atoms with Gasteiger partial charge in [0.15, 0.2) is 0 Å². The third-order valence-corrected chi connectivity index (χ3v) is 2.98. The molecule has 1 heterocycles. The first-order valence-electron chi connectivity index (χ1n) is 6.15. The third kappa shape index (κ3) is 2.60. The molecule has 83 valence electrons. The molecule has 0 saturated heterocycles. The number of pyridine rings is 1. The van der Waals surface area contributed by atoms with Crippen LogP contribution in [0.25, 0.3) is 10.9 Å². The lowest BCUT2D eigenvalue weighted by atomic mass is 10.0. The Kier molecular flexibility index (Phi) is 3.92. The standard InChI is InChI=1S/C15H18N/c1-2-3-4-5-8-13-9-6-11-15-14(13)10-7-12-16-15/h6,9-12H,2-5,8H2,1H3. The average molecular weight is 212 g/mol. The number of unbranched alkanes of at least 4 members (excludes halogenated alkanes) is 3. The van der Waals surface area contributed by atoms with Crippen LogP contribution in [0.15, 0.2) is 30.5 Å². The summed E-state index contributed by atoms with van der Waals surface area (Å²) >= 11 is 0. The minimum atomic E-state index is 1.09. The van der Waals surface area contributed by atoms with E-state index in [0.717, 1.165) is 11.9 Å². The van der Waals surface area contributed by atoms with Crippen molar-refractivity contribution < 1.29 is 0 Å². The van der Waals surface area contributed by atoms with Crippen LogP contribution in [-0.2, 0) is 6.42 Å². The van der Waals surface area contributed by atoms with E-state index in [4.69, 9.17) is 0 Å². The molecule has 0 saturated carbocycles. The summed E-state index contributed by atoms with van der Waals surface area (Å²) in [6.07, 6.45) is 8.15. The van der Waals surface area contributed by atoms with Gasteiger partial charge in [0, 0.05) is 17.6 Å². The Bertz CT molecular complexity index is 443. The predicted octanol–water partition coefficient (Wildman–Crippen LogP) is 4.16. The smallest absolute Gasteiger partial charge is 0.0705 e. The highest BCUT2D eigenvalue weighted by molar-refractivity contribution is 5.81. The first-order valence-corrected chi connectivity index (χ1v) is 6.15. The topological polar surface area (TPSA) is 12.9 Å². The summed E-state index contributed by atoms with van der Waals surface area (Å²) in [4.78, 5) is 4.33. The molecule has 1 heteroatoms. The van der Waals surface area contributed by atoms with Gasteiger partial charge in [-0.2, -0.15) is 0 Å². The van der Waals surface area contributed by atoms with Crippen LogP contribution < -0.4 is 0 Å². The number of fused-ring (bicyclic) bond motifs is 1. The Balaban J connectivity index is 2.11. The van der Waals surface area contributed by atoms with E-state index >= 15 is 0 Å². The predicted molar refractivity (Wildman–Crippen MR) is 68.4 cm³/mol. The zero-order valence-corrected chi connectivity index (χ0v) is 9.87. The first-order chi connectivity index (χ1) is 7.92. The second-order valence-corrected chi connectivity index (χ2v) is 4.23. The van der Waals surface area contributed by atoms with Gasteiger partial charge in [0.05, 0.1) is 5.52 Å². The molecule has 16 heavy (non-hydrogen) atoms. The third-order valence-electron chi connectivity index (χ3n) is 2.98. The largest absolute Gasteiger partial charge is 0.256 e. The molecular formula is C15H18N. The van der Waals surface area contributed by atoms with Gasteiger partial charge in [-0.3, -0.25) is 4.98 Å². The van der Waals surface area contributed by atoms with Crippen molar-refractivity contribution in [3.63, 3.8) is 0 Å². The van der Waals surface area contributed by atoms with E-state index < -0.39 is 0 Å². The monoisotopic (exact) mass is 212 g/mol. The lowest BCUT2D eigenvalue weighted by Gasteiger charge is -2.05. The lowest BCUT2D eigenvalue weighted by molar-refractivity contribution is 0.668. The highest BCUT2D eigenvalue weighted by Crippen LogP contribution is 2.18. The zero-order chi connectivity index (χ0) is 11.2. The van der Waals surface area contributed by atoms with Gasteiger partial charge < -0.3 is 0 Å². The summed E-state index contributed by atoms with van der Waals surface area (Å²) in [5.41, 5.74) is 2.50. The van der Waals surface area contributed by atoms with Crippen LogP contribution in [-0.4, -0.2) is 4.98 Å². The Hall–Kier alpha value is -1.37. The molecule has 0 unspecified atom stereocenters. The number of benzene rings is 1. The zero-order valence-electron chi connectivity index (χ0n) is 9.87. The minimum absolute atomic E-state index is 1.09. The van der Waals surface area contributed by atoms with Crippen molar-refractivity contribution in [3.05, 3.63) is 42.1 Å². The lowest BCUT2D eigenvalue weighted by Crippen LogP contribution is -1.89. The molecule has 0 spiro atoms. The summed E-state index contributed by atoms with van der Waals surface area (Å²) < 4.78 is 0. The van der Waals surface area contributed by atoms with Gasteiger partial charge in [0.2, 0.25) is 0 Å². The van der Waals surface area contributed by atoms with E-state index in [1.54, 1.807) is 6.20 Å². The molecule has 1 aromatic heterocycles. The van der Waals surface area contributed by atoms with Gasteiger partial charge in [-0.15, -0.1) is 0 Å². The highest BCUT2D eigenvalue weighted by Gasteiger charge is 2.00. The van der Waals surface area contributed by atoms with Crippen LogP contribution in [0.5, 0.6) is 0 Å². The molecule has 2 rings (SSSR count). The maximum absolute atomic E-state index is 4.33. The highest BCUT2D eigenvalue weighted by atomic mass is 14.6. The number of hydrogen-bond donors (Lipinski definition) is 0. The van der Waals surface area contributed by atoms with Crippen molar-refractivity contribution in [1.29, 1.82) is 0 Å². The van der Waals surface area contributed by atoms with Crippen molar-refractivity contribution in [2.24, 2.45) is 0 Å². The molecule has 0 aliphatic rings. The van der Waals surface area contributed by atoms with Gasteiger partial charge in [0.25, 0.3) is 0 Å². The van der Waals surface area contributed by atoms with E-state index in [1.807, 2.05) is 0 Å². The first kappa shape index (κ1) is 11.1. The second kappa shape index (κ2) is 5.64. The van der Waals surface area contributed by atoms with Crippen LogP contribution in [0, 0.1) is 6.07 Å². The maximum atomic E-state index is 4.33. The molecule has 1 nitrogen and oxygen atoms in total. The summed E-state index contributed by atoms with van der Waals surface area (Å²) in [5, 5.41) is 1.27. The molecule has 1 radical (unpaired) electrons. The molecule has 0 amide bonds. The molecule has 0 atom stereocenters. The summed E-state index contributed by atoms with van der Waals surface area (Å²) in [6, 6.07) is 11.5. The van der Waals surface area contributed by atoms with E-state index in [9.17, 15) is 0 Å². The Morgan fingerprint density at radius 1 is 1.19 bits per heavy atom. The number of aromatic nitrogens is 1. The van der Waals surface area contributed by atoms with Crippen LogP contribution in [0.2, 0.25) is 0 Å². The van der Waals surface area contributed by atoms with Gasteiger partial charge in [-0.25, -0.2) is 0 Å². The maximum Gasteiger partial charge on any atom is 0.0705 e. The normalized spacial score (nSPS) is 10.8. The van der Waals surface area contributed by atoms with E-state index in [-0.39, 0.29) is 0 Å². The second-order valence-electron chi connectivity index (χ2n) is 4.23. The summed E-state index contributed by atoms with van der Waals surface area (Å²) in [5.74, 6) is 0. The van der Waals surface area contributed by atoms with Gasteiger partial charge in [-0.1, -0.05) is 38.3 Å². The van der Waals surface area contributed by atoms with Crippen LogP contribution >= 0.6 is 0 Å². The molecule has 0 N–H and O–H groups in total. The minimum Gasteiger partial charge on any atom is -0.256 e. The van der Waals surface area contributed by atoms with Crippen LogP contribution in [0.1, 0.15) is 38.2 Å². The van der Waals surface area contributed by atoms with E-state index in [0.29, 0.717) is 0 Å². The molecule has 0 fully saturated rings. The fourth-order valence-corrected chi connectivity index (χ4v) is 2.07. The van der Waals surface area contributed by atoms with Gasteiger partial charge in [-0.05, 0) is 30.5 Å². The van der Waals surface area contributed by atoms with Gasteiger partial charge in [0.1, 0.15) is 0 Å². The fourth-order valence-electron chi connectivity index (χ4n) is 2.07. The van der Waals surface area contributed by atoms with E-state index in [1.165, 1.54) is 36.6 Å². The van der Waals surface area contributed by atoms with Crippen molar-refractivity contribution in [2.75, 3.05) is 0 Å². The Labute approximate surface area is 97.5 Å². The average Bonchev–Trinajstić information content (AvgIpc) is 2.35. The molecule has 2 aromatic rings. The quantitative estimate of drug-likeness (QED) is 0.678. The van der Waals surface area contributed by atoms with Crippen molar-refractivity contribution >= 4 is 10.9 Å². The molecule has 0 aliphatic carbocycles. The number of nitrogens with zero attached hydrogens (tertiary/aromatic N) is 1. The molecule has 0 bridgehead atoms. The fraction of sp³-hybridized carbons (Fsp3) is 0.400. The number of aryl methyl sites for hydroxylation is 1. The molecule has 0 aliphatic heterocycles. The summed E-state index contributed by atoms with van der Waals surface area (Å²) in [7, 11) is 0. The van der Waals surface area contributed by atoms with Crippen molar-refractivity contribution in [3.8, 4) is 0 Å². The Morgan fingerprint density at radius 2 is 2.12 bits per heavy atom.